The third-order valence-corrected chi connectivity index (χ3v) is 32.6. The van der Waals surface area contributed by atoms with Crippen LogP contribution in [0, 0.1) is 5.92 Å². The molecule has 1 aliphatic carbocycles. The molecule has 14 amide bonds. The summed E-state index contributed by atoms with van der Waals surface area (Å²) < 4.78 is 23.2. The molecule has 52 heteroatoms. The number of carbonyl (C=O) groups excluding carboxylic acids is 14. The summed E-state index contributed by atoms with van der Waals surface area (Å²) >= 11 is 7.52. The minimum absolute atomic E-state index is 0.00356. The number of unbranched alkanes of at least 4 members (excludes halogenated alkanes) is 1. The van der Waals surface area contributed by atoms with Gasteiger partial charge >= 0.3 is 12.0 Å². The molecule has 12 rings (SSSR count). The van der Waals surface area contributed by atoms with Crippen molar-refractivity contribution in [3.63, 3.8) is 0 Å². The highest BCUT2D eigenvalue weighted by molar-refractivity contribution is 8.14. The lowest BCUT2D eigenvalue weighted by atomic mass is 9.80. The quantitative estimate of drug-likeness (QED) is 0.0121. The van der Waals surface area contributed by atoms with Crippen LogP contribution >= 0.6 is 80.6 Å². The SMILES string of the molecule is C=C1NC(=O)[C@H](C)NC(=O)[C@H]([C@@H](C)CC)N[C@@H]2C=Cc3c([C@H](C)O)cc(nc3[C@H]2O)C(=O)O[C@H](C)[C@@H]2NC(=O)c3csc(n3)[C@H]([C@](C)(O)[C@@H](C)O)NC(=O)[C@H]3CSC(=N3)/C(=C/C)NC(=O)[C@H]([C@@H](C)O)NC(=O)c3csc(n3)[C@]3(CCC(c4nc(C(=O)NC(CSCCC(=O)NCCCOCCOCCOCCCNC(=O)CCCC[C@@H]5SC[C@@H]6NC(=O)N[C@@H]65)C(N)=O)cs4)=N[C@@H]3c3csc2n3)NC(=O)[C@H](C)NC1=O. The second-order valence-corrected chi connectivity index (χ2v) is 42.9. The molecule has 5 aromatic heterocycles. The van der Waals surface area contributed by atoms with E-state index in [1.807, 2.05) is 18.7 Å². The van der Waals surface area contributed by atoms with Crippen LogP contribution in [0.3, 0.4) is 0 Å². The van der Waals surface area contributed by atoms with Crippen LogP contribution in [0.1, 0.15) is 248 Å². The number of urea groups is 1. The number of nitrogens with one attached hydrogen (secondary N) is 14. The molecule has 0 aromatic carbocycles. The molecular formula is C92H124N22O23S7. The van der Waals surface area contributed by atoms with Crippen molar-refractivity contribution in [3.05, 3.63) is 123 Å². The highest BCUT2D eigenvalue weighted by Crippen LogP contribution is 2.48. The molecule has 144 heavy (non-hydrogen) atoms. The summed E-state index contributed by atoms with van der Waals surface area (Å²) in [5.41, 5.74) is -0.0354. The number of thiazole rings is 4. The number of ether oxygens (including phenoxy) is 4. The Morgan fingerprint density at radius 2 is 1.40 bits per heavy atom. The zero-order valence-corrected chi connectivity index (χ0v) is 86.7. The Balaban J connectivity index is 0.799. The highest BCUT2D eigenvalue weighted by Gasteiger charge is 2.52. The van der Waals surface area contributed by atoms with Crippen LogP contribution in [0.5, 0.6) is 0 Å². The molecule has 21 N–H and O–H groups in total. The number of cyclic esters (lactones) is 1. The zero-order chi connectivity index (χ0) is 104. The molecule has 21 atom stereocenters. The molecule has 7 aliphatic rings. The van der Waals surface area contributed by atoms with E-state index in [-0.39, 0.29) is 143 Å². The van der Waals surface area contributed by atoms with Crippen molar-refractivity contribution in [3.8, 4) is 0 Å². The lowest BCUT2D eigenvalue weighted by Crippen LogP contribution is -2.57. The number of esters is 1. The first kappa shape index (κ1) is 112. The minimum Gasteiger partial charge on any atom is -0.455 e. The van der Waals surface area contributed by atoms with Crippen molar-refractivity contribution < 1.29 is 112 Å². The first-order chi connectivity index (χ1) is 68.7. The minimum atomic E-state index is -2.22. The number of aromatic nitrogens is 5. The Morgan fingerprint density at radius 1 is 0.715 bits per heavy atom. The summed E-state index contributed by atoms with van der Waals surface area (Å²) in [7, 11) is 0. The van der Waals surface area contributed by atoms with E-state index < -0.39 is 184 Å². The number of carbonyl (C=O) groups is 14. The van der Waals surface area contributed by atoms with Gasteiger partial charge in [-0.25, -0.2) is 34.5 Å². The van der Waals surface area contributed by atoms with E-state index in [1.165, 1.54) is 93.9 Å². The van der Waals surface area contributed by atoms with Crippen LogP contribution < -0.4 is 80.2 Å². The van der Waals surface area contributed by atoms with Gasteiger partial charge in [-0.05, 0) is 111 Å². The maximum Gasteiger partial charge on any atom is 0.357 e. The first-order valence-corrected chi connectivity index (χ1v) is 54.1. The fraction of sp³-hybridized carbons (Fsp3) is 0.576. The summed E-state index contributed by atoms with van der Waals surface area (Å²) in [6.07, 6.45) is 1.09. The average molecular weight is 2130 g/mol. The van der Waals surface area contributed by atoms with Crippen LogP contribution in [-0.2, 0) is 67.6 Å². The third-order valence-electron chi connectivity index (χ3n) is 25.2. The van der Waals surface area contributed by atoms with Gasteiger partial charge in [0.05, 0.1) is 97.4 Å². The number of thioether (sulfide) groups is 3. The van der Waals surface area contributed by atoms with Gasteiger partial charge in [-0.2, -0.15) is 23.5 Å². The number of fused-ring (bicyclic) bond motifs is 8. The van der Waals surface area contributed by atoms with Crippen molar-refractivity contribution >= 4 is 180 Å². The first-order valence-electron chi connectivity index (χ1n) is 47.4. The van der Waals surface area contributed by atoms with Crippen molar-refractivity contribution in [2.75, 3.05) is 75.7 Å². The number of rotatable bonds is 34. The van der Waals surface area contributed by atoms with Crippen LogP contribution in [0.15, 0.2) is 67.7 Å². The number of aliphatic hydroxyl groups is 5. The van der Waals surface area contributed by atoms with Crippen LogP contribution in [0.4, 0.5) is 4.79 Å². The monoisotopic (exact) mass is 2130 g/mol. The number of hydrogen-bond donors (Lipinski definition) is 20. The van der Waals surface area contributed by atoms with Gasteiger partial charge in [0.1, 0.15) is 120 Å². The number of nitrogens with two attached hydrogens (primary N) is 1. The second-order valence-electron chi connectivity index (χ2n) is 35.9. The number of aliphatic imine (C=N–C) groups is 2. The number of hydrogen-bond acceptors (Lipinski definition) is 38. The van der Waals surface area contributed by atoms with Gasteiger partial charge in [-0.3, -0.25) is 72.8 Å². The summed E-state index contributed by atoms with van der Waals surface area (Å²) in [6.45, 7) is 21.1. The van der Waals surface area contributed by atoms with E-state index >= 15 is 14.4 Å². The van der Waals surface area contributed by atoms with Gasteiger partial charge in [-0.15, -0.1) is 57.1 Å². The molecule has 5 aromatic rings. The van der Waals surface area contributed by atoms with Crippen molar-refractivity contribution in [2.24, 2.45) is 21.6 Å². The lowest BCUT2D eigenvalue weighted by molar-refractivity contribution is -0.131. The summed E-state index contributed by atoms with van der Waals surface area (Å²) in [5, 5.41) is 103. The predicted octanol–water partition coefficient (Wildman–Crippen LogP) is 1.91. The number of pyridine rings is 1. The van der Waals surface area contributed by atoms with E-state index in [0.717, 1.165) is 82.1 Å². The largest absolute Gasteiger partial charge is 0.455 e. The van der Waals surface area contributed by atoms with Crippen molar-refractivity contribution in [1.82, 2.24) is 99.4 Å². The Labute approximate surface area is 858 Å². The number of aliphatic hydroxyl groups excluding tert-OH is 4. The third kappa shape index (κ3) is 28.6. The van der Waals surface area contributed by atoms with Crippen molar-refractivity contribution in [2.45, 2.75) is 253 Å². The predicted molar refractivity (Wildman–Crippen MR) is 539 cm³/mol. The maximum atomic E-state index is 15.6. The van der Waals surface area contributed by atoms with Gasteiger partial charge in [0, 0.05) is 94.5 Å². The molecule has 0 radical (unpaired) electrons. The molecule has 782 valence electrons. The molecule has 13 bridgehead atoms. The summed E-state index contributed by atoms with van der Waals surface area (Å²) in [5.74, 6) is -10.1. The number of nitrogens with zero attached hydrogens (tertiary/aromatic N) is 7. The fourth-order valence-corrected chi connectivity index (χ4v) is 23.8. The Kier molecular flexibility index (Phi) is 40.1. The van der Waals surface area contributed by atoms with E-state index in [4.69, 9.17) is 44.6 Å². The average Bonchev–Trinajstić information content (AvgIpc) is 1.38. The molecular weight excluding hydrogens is 2010 g/mol. The number of primary amides is 1. The summed E-state index contributed by atoms with van der Waals surface area (Å²) in [6, 6.07) is -12.7. The number of allylic oxidation sites excluding steroid dienone is 1. The van der Waals surface area contributed by atoms with Gasteiger partial charge in [0.15, 0.2) is 0 Å². The van der Waals surface area contributed by atoms with Crippen LogP contribution in [0.25, 0.3) is 6.08 Å². The smallest absolute Gasteiger partial charge is 0.357 e. The molecule has 1 unspecified atom stereocenters. The molecule has 2 saturated heterocycles. The lowest BCUT2D eigenvalue weighted by Gasteiger charge is -2.41. The standard InChI is InChI=1S/C92H124N22O23S7/c1-12-42(3)66-82(129)98-44(5)76(123)96-43(4)75(122)97-45(6)77(124)114-92-24-22-54(85-106-59(38-141-85)78(125)103-58(74(93)121)35-138-33-23-65(119)95-26-17-28-135-30-32-136-31-29-134-27-16-25-94-64(118)19-15-14-18-63-70-56(36-139-63)109-90(132)112-70)101-72(92)57-37-142-86(104-57)68(48(9)137-88(131)55-34-51(46(7)115)50-20-21-53(99-66)71(120)69(50)100-55)111-79(126)60-40-143-87(107-60)73(91(11,133)49(10)117)113-81(128)61-39-140-84(105-61)52(13-2)102-83(130)67(47(8)116)110-80(127)62-41-144-89(92)108-62/h13,20-21,34,37-38,40-42,44-49,53,56,58,61,63,66-68,70-73,99,115-117,120,133H,4,12,14-19,22-33,35-36,39H2,1-3,5-11H3,(H2,93,121)(H,94,118)(H,95,119)(H,96,123)(H,97,122)(H,98,129)(H,102,130)(H,103,125)(H,110,127)(H,111,126)(H,113,128)(H,114,124)(H2,109,112,132)/b52-13-/t42-,44-,45-,46-,47+,48+,49+,53+,56-,58?,61+,63-,66-,67-,68-,70-,71-,72+,73+,91+,92+/m0/s1. The Bertz CT molecular complexity index is 5670. The van der Waals surface area contributed by atoms with E-state index in [1.54, 1.807) is 26.0 Å². The van der Waals surface area contributed by atoms with E-state index in [9.17, 15) is 78.3 Å². The topological polar surface area (TPSA) is 661 Å². The molecule has 0 spiro atoms. The summed E-state index contributed by atoms with van der Waals surface area (Å²) in [4.78, 5) is 231. The van der Waals surface area contributed by atoms with Gasteiger partial charge < -0.3 is 119 Å². The van der Waals surface area contributed by atoms with Crippen LogP contribution in [0.2, 0.25) is 0 Å². The van der Waals surface area contributed by atoms with E-state index in [0.29, 0.717) is 83.7 Å². The fourth-order valence-electron chi connectivity index (χ4n) is 16.4. The molecule has 2 fully saturated rings. The highest BCUT2D eigenvalue weighted by atomic mass is 32.2. The van der Waals surface area contributed by atoms with Crippen LogP contribution in [-0.4, -0.2) is 303 Å². The molecule has 45 nitrogen and oxygen atoms in total. The maximum absolute atomic E-state index is 15.6. The molecule has 11 heterocycles. The zero-order valence-electron chi connectivity index (χ0n) is 81.0. The van der Waals surface area contributed by atoms with Gasteiger partial charge in [0.25, 0.3) is 23.6 Å². The number of amides is 14. The molecule has 0 saturated carbocycles. The van der Waals surface area contributed by atoms with E-state index in [2.05, 4.69) is 96.0 Å². The Hall–Kier alpha value is -10.7. The Morgan fingerprint density at radius 3 is 2.08 bits per heavy atom. The molecule has 6 aliphatic heterocycles. The van der Waals surface area contributed by atoms with Gasteiger partial charge in [-0.1, -0.05) is 51.5 Å². The van der Waals surface area contributed by atoms with Crippen molar-refractivity contribution in [1.29, 1.82) is 0 Å². The van der Waals surface area contributed by atoms with Gasteiger partial charge in [0.2, 0.25) is 47.3 Å². The second kappa shape index (κ2) is 51.6. The normalized spacial score (nSPS) is 26.4.